The van der Waals surface area contributed by atoms with Crippen LogP contribution < -0.4 is 10.2 Å². The van der Waals surface area contributed by atoms with Crippen molar-refractivity contribution in [3.05, 3.63) is 87.2 Å². The molecule has 2 heterocycles. The minimum atomic E-state index is -0.518. The van der Waals surface area contributed by atoms with Crippen LogP contribution in [-0.4, -0.2) is 16.2 Å². The van der Waals surface area contributed by atoms with Crippen molar-refractivity contribution in [2.45, 2.75) is 12.3 Å². The van der Waals surface area contributed by atoms with Gasteiger partial charge in [0.25, 0.3) is 0 Å². The molecular formula is C24H15ClO6. The Labute approximate surface area is 180 Å². The average Bonchev–Trinajstić information content (AvgIpc) is 2.74. The predicted octanol–water partition coefficient (Wildman–Crippen LogP) is 4.97. The van der Waals surface area contributed by atoms with Gasteiger partial charge < -0.3 is 19.4 Å². The Morgan fingerprint density at radius 1 is 1.00 bits per heavy atom. The van der Waals surface area contributed by atoms with Crippen LogP contribution in [0.2, 0.25) is 5.02 Å². The molecular weight excluding hydrogens is 420 g/mol. The molecule has 1 atom stereocenters. The summed E-state index contributed by atoms with van der Waals surface area (Å²) in [5.74, 6) is -1.18. The maximum atomic E-state index is 13.3. The summed E-state index contributed by atoms with van der Waals surface area (Å²) in [5, 5.41) is 21.0. The number of hydrogen-bond donors (Lipinski definition) is 2. The molecule has 3 aromatic carbocycles. The van der Waals surface area contributed by atoms with Crippen LogP contribution >= 0.6 is 11.6 Å². The van der Waals surface area contributed by atoms with Crippen LogP contribution in [0.5, 0.6) is 17.2 Å². The number of phenolic OH excluding ortho intramolecular Hbond substituents is 2. The summed E-state index contributed by atoms with van der Waals surface area (Å²) in [7, 11) is 0. The minimum Gasteiger partial charge on any atom is -0.508 e. The lowest BCUT2D eigenvalue weighted by molar-refractivity contribution is -0.135. The second kappa shape index (κ2) is 7.18. The van der Waals surface area contributed by atoms with Crippen molar-refractivity contribution in [3.8, 4) is 28.4 Å². The fourth-order valence-electron chi connectivity index (χ4n) is 3.99. The van der Waals surface area contributed by atoms with Gasteiger partial charge in [-0.1, -0.05) is 35.9 Å². The summed E-state index contributed by atoms with van der Waals surface area (Å²) in [4.78, 5) is 25.5. The summed E-state index contributed by atoms with van der Waals surface area (Å²) in [6.45, 7) is 0. The van der Waals surface area contributed by atoms with Gasteiger partial charge in [0.2, 0.25) is 5.43 Å². The van der Waals surface area contributed by atoms with Crippen LogP contribution in [0.4, 0.5) is 0 Å². The molecule has 4 aromatic rings. The van der Waals surface area contributed by atoms with Gasteiger partial charge in [-0.2, -0.15) is 0 Å². The Morgan fingerprint density at radius 3 is 2.52 bits per heavy atom. The molecule has 1 aliphatic rings. The van der Waals surface area contributed by atoms with Crippen molar-refractivity contribution in [1.82, 2.24) is 0 Å². The second-order valence-electron chi connectivity index (χ2n) is 7.32. The van der Waals surface area contributed by atoms with Gasteiger partial charge in [-0.15, -0.1) is 0 Å². The van der Waals surface area contributed by atoms with Gasteiger partial charge in [0, 0.05) is 22.6 Å². The molecule has 0 bridgehead atoms. The van der Waals surface area contributed by atoms with E-state index >= 15 is 0 Å². The fourth-order valence-corrected chi connectivity index (χ4v) is 4.11. The Balaban J connectivity index is 1.78. The number of esters is 1. The van der Waals surface area contributed by atoms with Gasteiger partial charge >= 0.3 is 5.97 Å². The highest BCUT2D eigenvalue weighted by molar-refractivity contribution is 6.30. The largest absolute Gasteiger partial charge is 0.508 e. The molecule has 0 fully saturated rings. The zero-order valence-electron chi connectivity index (χ0n) is 16.0. The van der Waals surface area contributed by atoms with Crippen LogP contribution in [0.25, 0.3) is 22.1 Å². The molecule has 0 unspecified atom stereocenters. The number of halogens is 1. The zero-order chi connectivity index (χ0) is 21.7. The van der Waals surface area contributed by atoms with Crippen molar-refractivity contribution in [3.63, 3.8) is 0 Å². The molecule has 154 valence electrons. The summed E-state index contributed by atoms with van der Waals surface area (Å²) >= 11 is 5.93. The van der Waals surface area contributed by atoms with Gasteiger partial charge in [-0.05, 0) is 35.4 Å². The van der Waals surface area contributed by atoms with Gasteiger partial charge in [-0.3, -0.25) is 9.59 Å². The number of hydrogen-bond acceptors (Lipinski definition) is 6. The second-order valence-corrected chi connectivity index (χ2v) is 7.76. The Hall–Kier alpha value is -3.77. The lowest BCUT2D eigenvalue weighted by Crippen LogP contribution is -2.22. The monoisotopic (exact) mass is 434 g/mol. The molecule has 2 N–H and O–H groups in total. The number of rotatable bonds is 2. The molecule has 6 nitrogen and oxygen atoms in total. The van der Waals surface area contributed by atoms with Crippen LogP contribution in [0.1, 0.15) is 23.5 Å². The topological polar surface area (TPSA) is 97.0 Å². The molecule has 0 spiro atoms. The van der Waals surface area contributed by atoms with Crippen molar-refractivity contribution in [1.29, 1.82) is 0 Å². The predicted molar refractivity (Wildman–Crippen MR) is 115 cm³/mol. The molecule has 0 amide bonds. The first-order valence-electron chi connectivity index (χ1n) is 9.49. The highest BCUT2D eigenvalue weighted by Gasteiger charge is 2.33. The first kappa shape index (κ1) is 19.2. The Morgan fingerprint density at radius 2 is 1.77 bits per heavy atom. The van der Waals surface area contributed by atoms with E-state index in [9.17, 15) is 19.8 Å². The molecule has 0 saturated heterocycles. The first-order valence-corrected chi connectivity index (χ1v) is 9.87. The van der Waals surface area contributed by atoms with E-state index < -0.39 is 17.3 Å². The van der Waals surface area contributed by atoms with E-state index in [1.54, 1.807) is 42.5 Å². The number of benzene rings is 3. The quantitative estimate of drug-likeness (QED) is 0.341. The normalized spacial score (nSPS) is 15.5. The van der Waals surface area contributed by atoms with Crippen molar-refractivity contribution >= 4 is 28.5 Å². The molecule has 7 heteroatoms. The Kier molecular flexibility index (Phi) is 4.45. The molecule has 0 aliphatic carbocycles. The SMILES string of the molecule is O=C1C[C@@H](c2cccc(O)c2)c2c(cc(O)c3c(=O)c(-c4ccc(Cl)cc4)coc23)O1. The van der Waals surface area contributed by atoms with Gasteiger partial charge in [0.05, 0.1) is 12.0 Å². The fraction of sp³-hybridized carbons (Fsp3) is 0.0833. The van der Waals surface area contributed by atoms with Gasteiger partial charge in [0.15, 0.2) is 0 Å². The number of fused-ring (bicyclic) bond motifs is 3. The number of carbonyl (C=O) groups excluding carboxylic acids is 1. The third-order valence-electron chi connectivity index (χ3n) is 5.40. The van der Waals surface area contributed by atoms with E-state index in [0.717, 1.165) is 0 Å². The van der Waals surface area contributed by atoms with Crippen LogP contribution in [0.3, 0.4) is 0 Å². The minimum absolute atomic E-state index is 0.00102. The molecule has 0 saturated carbocycles. The maximum absolute atomic E-state index is 13.3. The Bertz CT molecular complexity index is 1400. The van der Waals surface area contributed by atoms with Crippen molar-refractivity contribution in [2.24, 2.45) is 0 Å². The molecule has 1 aromatic heterocycles. The maximum Gasteiger partial charge on any atom is 0.312 e. The molecule has 31 heavy (non-hydrogen) atoms. The van der Waals surface area contributed by atoms with E-state index in [0.29, 0.717) is 21.7 Å². The van der Waals surface area contributed by atoms with Crippen molar-refractivity contribution < 1.29 is 24.2 Å². The standard InChI is InChI=1S/C24H15ClO6/c25-14-6-4-12(5-7-14)17-11-30-24-21-16(13-2-1-3-15(26)8-13)9-20(28)31-19(21)10-18(27)22(24)23(17)29/h1-8,10-11,16,26-27H,9H2/t16-/m0/s1. The smallest absolute Gasteiger partial charge is 0.312 e. The number of ether oxygens (including phenoxy) is 1. The zero-order valence-corrected chi connectivity index (χ0v) is 16.7. The lowest BCUT2D eigenvalue weighted by Gasteiger charge is -2.26. The average molecular weight is 435 g/mol. The van der Waals surface area contributed by atoms with Crippen LogP contribution in [0, 0.1) is 0 Å². The highest BCUT2D eigenvalue weighted by Crippen LogP contribution is 2.46. The number of phenols is 2. The summed E-state index contributed by atoms with van der Waals surface area (Å²) in [5.41, 5.74) is 1.70. The lowest BCUT2D eigenvalue weighted by atomic mass is 9.85. The van der Waals surface area contributed by atoms with E-state index in [2.05, 4.69) is 0 Å². The van der Waals surface area contributed by atoms with E-state index in [1.165, 1.54) is 18.4 Å². The van der Waals surface area contributed by atoms with Crippen LogP contribution in [-0.2, 0) is 4.79 Å². The first-order chi connectivity index (χ1) is 14.9. The third kappa shape index (κ3) is 3.21. The highest BCUT2D eigenvalue weighted by atomic mass is 35.5. The van der Waals surface area contributed by atoms with Gasteiger partial charge in [0.1, 0.15) is 34.5 Å². The molecule has 5 rings (SSSR count). The van der Waals surface area contributed by atoms with Crippen molar-refractivity contribution in [2.75, 3.05) is 0 Å². The number of carbonyl (C=O) groups is 1. The summed E-state index contributed by atoms with van der Waals surface area (Å²) in [6.07, 6.45) is 1.32. The van der Waals surface area contributed by atoms with Gasteiger partial charge in [-0.25, -0.2) is 0 Å². The number of aromatic hydroxyl groups is 2. The van der Waals surface area contributed by atoms with Crippen LogP contribution in [0.15, 0.2) is 70.1 Å². The van der Waals surface area contributed by atoms with E-state index in [1.807, 2.05) is 0 Å². The van der Waals surface area contributed by atoms with E-state index in [-0.39, 0.29) is 40.2 Å². The third-order valence-corrected chi connectivity index (χ3v) is 5.65. The summed E-state index contributed by atoms with van der Waals surface area (Å²) < 4.78 is 11.2. The summed E-state index contributed by atoms with van der Waals surface area (Å²) in [6, 6.07) is 14.5. The molecule has 1 aliphatic heterocycles. The van der Waals surface area contributed by atoms with E-state index in [4.69, 9.17) is 20.8 Å². The molecule has 0 radical (unpaired) electrons.